The zero-order chi connectivity index (χ0) is 21.1. The Morgan fingerprint density at radius 3 is 2.83 bits per heavy atom. The fourth-order valence-corrected chi connectivity index (χ4v) is 4.18. The third-order valence-electron chi connectivity index (χ3n) is 5.71. The first-order chi connectivity index (χ1) is 14.6. The summed E-state index contributed by atoms with van der Waals surface area (Å²) < 4.78 is 20.5. The van der Waals surface area contributed by atoms with Crippen LogP contribution in [-0.2, 0) is 11.2 Å². The number of hydrogen-bond acceptors (Lipinski definition) is 5. The van der Waals surface area contributed by atoms with Gasteiger partial charge in [0.25, 0.3) is 0 Å². The maximum atomic E-state index is 13.2. The number of aliphatic imine (C=N–C) groups is 1. The molecule has 1 aromatic carbocycles. The number of anilines is 1. The molecular formula is C21H26FN7O. The van der Waals surface area contributed by atoms with Crippen molar-refractivity contribution in [2.24, 2.45) is 4.99 Å². The number of hydrogen-bond donors (Lipinski definition) is 3. The van der Waals surface area contributed by atoms with E-state index in [9.17, 15) is 9.65 Å². The van der Waals surface area contributed by atoms with Gasteiger partial charge in [-0.25, -0.2) is 9.07 Å². The summed E-state index contributed by atoms with van der Waals surface area (Å²) in [6.45, 7) is 0.676. The molecule has 3 unspecified atom stereocenters. The SMILES string of the molecule is CN=C(NCCCc1nn(-c2ccc(F)cc2)c(N)c1C#N)NC1CC2CCC1O2. The molecule has 8 nitrogen and oxygen atoms in total. The van der Waals surface area contributed by atoms with Crippen molar-refractivity contribution in [2.75, 3.05) is 19.3 Å². The minimum Gasteiger partial charge on any atom is -0.382 e. The number of nitrogens with zero attached hydrogens (tertiary/aromatic N) is 4. The summed E-state index contributed by atoms with van der Waals surface area (Å²) in [4.78, 5) is 4.29. The van der Waals surface area contributed by atoms with Gasteiger partial charge in [0.05, 0.1) is 29.6 Å². The third kappa shape index (κ3) is 4.09. The minimum atomic E-state index is -0.338. The van der Waals surface area contributed by atoms with Gasteiger partial charge in [0.15, 0.2) is 5.96 Å². The highest BCUT2D eigenvalue weighted by molar-refractivity contribution is 5.80. The van der Waals surface area contributed by atoms with E-state index in [0.29, 0.717) is 42.1 Å². The summed E-state index contributed by atoms with van der Waals surface area (Å²) in [6.07, 6.45) is 5.29. The zero-order valence-corrected chi connectivity index (χ0v) is 16.9. The monoisotopic (exact) mass is 411 g/mol. The molecule has 1 aromatic heterocycles. The largest absolute Gasteiger partial charge is 0.382 e. The molecule has 158 valence electrons. The summed E-state index contributed by atoms with van der Waals surface area (Å²) in [6, 6.07) is 8.29. The topological polar surface area (TPSA) is 113 Å². The van der Waals surface area contributed by atoms with Crippen LogP contribution in [0.25, 0.3) is 5.69 Å². The van der Waals surface area contributed by atoms with Gasteiger partial charge < -0.3 is 21.1 Å². The fraction of sp³-hybridized carbons (Fsp3) is 0.476. The predicted molar refractivity (Wildman–Crippen MR) is 112 cm³/mol. The Hall–Kier alpha value is -3.12. The van der Waals surface area contributed by atoms with Crippen molar-refractivity contribution in [1.82, 2.24) is 20.4 Å². The number of guanidine groups is 1. The number of fused-ring (bicyclic) bond motifs is 2. The lowest BCUT2D eigenvalue weighted by molar-refractivity contribution is 0.0992. The molecule has 2 saturated heterocycles. The van der Waals surface area contributed by atoms with Crippen LogP contribution in [-0.4, -0.2) is 47.6 Å². The number of nitriles is 1. The van der Waals surface area contributed by atoms with E-state index in [4.69, 9.17) is 10.5 Å². The highest BCUT2D eigenvalue weighted by atomic mass is 19.1. The van der Waals surface area contributed by atoms with Crippen molar-refractivity contribution in [3.8, 4) is 11.8 Å². The molecule has 0 spiro atoms. The molecule has 2 aliphatic rings. The van der Waals surface area contributed by atoms with E-state index in [1.807, 2.05) is 0 Å². The number of aryl methyl sites for hydroxylation is 1. The van der Waals surface area contributed by atoms with Crippen LogP contribution in [0, 0.1) is 17.1 Å². The van der Waals surface area contributed by atoms with E-state index < -0.39 is 0 Å². The van der Waals surface area contributed by atoms with Crippen LogP contribution >= 0.6 is 0 Å². The number of ether oxygens (including phenoxy) is 1. The van der Waals surface area contributed by atoms with Crippen molar-refractivity contribution in [3.63, 3.8) is 0 Å². The lowest BCUT2D eigenvalue weighted by atomic mass is 9.96. The van der Waals surface area contributed by atoms with E-state index in [-0.39, 0.29) is 17.7 Å². The molecule has 30 heavy (non-hydrogen) atoms. The van der Waals surface area contributed by atoms with Gasteiger partial charge in [0.2, 0.25) is 0 Å². The Balaban J connectivity index is 1.33. The molecule has 0 amide bonds. The highest BCUT2D eigenvalue weighted by Crippen LogP contribution is 2.34. The second-order valence-electron chi connectivity index (χ2n) is 7.67. The number of nitrogen functional groups attached to an aromatic ring is 1. The summed E-state index contributed by atoms with van der Waals surface area (Å²) in [5, 5.41) is 20.7. The summed E-state index contributed by atoms with van der Waals surface area (Å²) >= 11 is 0. The molecule has 0 aliphatic carbocycles. The Morgan fingerprint density at radius 2 is 2.20 bits per heavy atom. The van der Waals surface area contributed by atoms with Crippen LogP contribution in [0.3, 0.4) is 0 Å². The van der Waals surface area contributed by atoms with Crippen molar-refractivity contribution >= 4 is 11.8 Å². The van der Waals surface area contributed by atoms with Crippen LogP contribution in [0.5, 0.6) is 0 Å². The molecule has 2 fully saturated rings. The average molecular weight is 411 g/mol. The van der Waals surface area contributed by atoms with Gasteiger partial charge in [0.1, 0.15) is 23.3 Å². The first-order valence-electron chi connectivity index (χ1n) is 10.2. The van der Waals surface area contributed by atoms with Crippen molar-refractivity contribution in [3.05, 3.63) is 41.3 Å². The number of halogens is 1. The van der Waals surface area contributed by atoms with Gasteiger partial charge in [-0.1, -0.05) is 0 Å². The van der Waals surface area contributed by atoms with Crippen LogP contribution in [0.4, 0.5) is 10.2 Å². The minimum absolute atomic E-state index is 0.265. The molecule has 2 aliphatic heterocycles. The first-order valence-corrected chi connectivity index (χ1v) is 10.2. The molecule has 9 heteroatoms. The van der Waals surface area contributed by atoms with E-state index in [1.54, 1.807) is 19.2 Å². The van der Waals surface area contributed by atoms with Crippen molar-refractivity contribution < 1.29 is 9.13 Å². The molecule has 4 N–H and O–H groups in total. The lowest BCUT2D eigenvalue weighted by Gasteiger charge is -2.22. The molecule has 0 saturated carbocycles. The van der Waals surface area contributed by atoms with Crippen LogP contribution in [0.2, 0.25) is 0 Å². The smallest absolute Gasteiger partial charge is 0.191 e. The zero-order valence-electron chi connectivity index (χ0n) is 16.9. The Kier molecular flexibility index (Phi) is 5.86. The summed E-state index contributed by atoms with van der Waals surface area (Å²) in [5.41, 5.74) is 7.72. The molecule has 3 heterocycles. The molecule has 2 bridgehead atoms. The van der Waals surface area contributed by atoms with Gasteiger partial charge in [-0.05, 0) is 56.4 Å². The second kappa shape index (κ2) is 8.71. The first kappa shape index (κ1) is 20.2. The fourth-order valence-electron chi connectivity index (χ4n) is 4.18. The molecular weight excluding hydrogens is 385 g/mol. The van der Waals surface area contributed by atoms with Crippen LogP contribution in [0.1, 0.15) is 36.9 Å². The molecule has 0 radical (unpaired) electrons. The average Bonchev–Trinajstić information content (AvgIpc) is 3.45. The van der Waals surface area contributed by atoms with E-state index in [0.717, 1.165) is 31.6 Å². The summed E-state index contributed by atoms with van der Waals surface area (Å²) in [7, 11) is 1.75. The normalized spacial score (nSPS) is 22.8. The summed E-state index contributed by atoms with van der Waals surface area (Å²) in [5.74, 6) is 0.684. The maximum Gasteiger partial charge on any atom is 0.191 e. The van der Waals surface area contributed by atoms with Gasteiger partial charge in [-0.2, -0.15) is 10.4 Å². The maximum absolute atomic E-state index is 13.2. The number of aromatic nitrogens is 2. The molecule has 4 rings (SSSR count). The Bertz CT molecular complexity index is 963. The molecule has 2 aromatic rings. The number of rotatable bonds is 6. The van der Waals surface area contributed by atoms with Gasteiger partial charge >= 0.3 is 0 Å². The number of nitrogens with two attached hydrogens (primary N) is 1. The van der Waals surface area contributed by atoms with E-state index in [1.165, 1.54) is 16.8 Å². The van der Waals surface area contributed by atoms with Crippen LogP contribution < -0.4 is 16.4 Å². The third-order valence-corrected chi connectivity index (χ3v) is 5.71. The number of nitrogens with one attached hydrogen (secondary N) is 2. The highest BCUT2D eigenvalue weighted by Gasteiger charge is 2.41. The predicted octanol–water partition coefficient (Wildman–Crippen LogP) is 1.88. The Labute approximate surface area is 174 Å². The van der Waals surface area contributed by atoms with Gasteiger partial charge in [0, 0.05) is 13.6 Å². The second-order valence-corrected chi connectivity index (χ2v) is 7.67. The van der Waals surface area contributed by atoms with Crippen LogP contribution in [0.15, 0.2) is 29.3 Å². The van der Waals surface area contributed by atoms with Gasteiger partial charge in [-0.15, -0.1) is 0 Å². The van der Waals surface area contributed by atoms with E-state index in [2.05, 4.69) is 26.8 Å². The number of benzene rings is 1. The molecule has 3 atom stereocenters. The van der Waals surface area contributed by atoms with Gasteiger partial charge in [-0.3, -0.25) is 4.99 Å². The quantitative estimate of drug-likeness (QED) is 0.380. The lowest BCUT2D eigenvalue weighted by Crippen LogP contribution is -2.47. The van der Waals surface area contributed by atoms with Crippen molar-refractivity contribution in [1.29, 1.82) is 5.26 Å². The van der Waals surface area contributed by atoms with Crippen molar-refractivity contribution in [2.45, 2.75) is 50.4 Å². The van der Waals surface area contributed by atoms with E-state index >= 15 is 0 Å². The Morgan fingerprint density at radius 1 is 1.40 bits per heavy atom. The standard InChI is InChI=1S/C21H26FN7O/c1-25-21(27-18-11-15-8-9-19(18)30-15)26-10-2-3-17-16(12-23)20(24)29(28-17)14-6-4-13(22)5-7-14/h4-7,15,18-19H,2-3,8-11,24H2,1H3,(H2,25,26,27).